The van der Waals surface area contributed by atoms with Gasteiger partial charge in [0.15, 0.2) is 5.69 Å². The van der Waals surface area contributed by atoms with Gasteiger partial charge in [-0.2, -0.15) is 5.10 Å². The number of carbonyl (C=O) groups excluding carboxylic acids is 1. The van der Waals surface area contributed by atoms with Gasteiger partial charge in [0.05, 0.1) is 10.9 Å². The van der Waals surface area contributed by atoms with E-state index in [9.17, 15) is 4.79 Å². The van der Waals surface area contributed by atoms with Crippen LogP contribution >= 0.6 is 0 Å². The zero-order valence-electron chi connectivity index (χ0n) is 12.2. The summed E-state index contributed by atoms with van der Waals surface area (Å²) in [5, 5.41) is 11.0. The minimum Gasteiger partial charge on any atom is -0.348 e. The van der Waals surface area contributed by atoms with E-state index >= 15 is 0 Å². The van der Waals surface area contributed by atoms with E-state index in [1.807, 2.05) is 6.07 Å². The number of amides is 1. The average molecular weight is 284 g/mol. The van der Waals surface area contributed by atoms with Gasteiger partial charge in [0.1, 0.15) is 0 Å². The second-order valence-electron chi connectivity index (χ2n) is 6.59. The normalized spacial score (nSPS) is 28.9. The van der Waals surface area contributed by atoms with E-state index in [1.54, 1.807) is 12.4 Å². The van der Waals surface area contributed by atoms with Crippen molar-refractivity contribution in [2.45, 2.75) is 38.6 Å². The Hall–Kier alpha value is -1.91. The molecule has 2 fully saturated rings. The van der Waals surface area contributed by atoms with E-state index in [0.29, 0.717) is 11.6 Å². The molecule has 1 amide bonds. The maximum absolute atomic E-state index is 12.5. The van der Waals surface area contributed by atoms with E-state index < -0.39 is 0 Å². The van der Waals surface area contributed by atoms with Gasteiger partial charge < -0.3 is 5.32 Å². The molecular formula is C16H20N4O. The summed E-state index contributed by atoms with van der Waals surface area (Å²) >= 11 is 0. The van der Waals surface area contributed by atoms with Crippen molar-refractivity contribution in [1.82, 2.24) is 20.5 Å². The third kappa shape index (κ3) is 2.11. The van der Waals surface area contributed by atoms with Crippen LogP contribution in [0.2, 0.25) is 0 Å². The van der Waals surface area contributed by atoms with Gasteiger partial charge in [-0.05, 0) is 50.0 Å². The van der Waals surface area contributed by atoms with Gasteiger partial charge in [-0.3, -0.25) is 14.9 Å². The topological polar surface area (TPSA) is 70.7 Å². The lowest BCUT2D eigenvalue weighted by Crippen LogP contribution is -2.40. The van der Waals surface area contributed by atoms with Crippen LogP contribution in [0.15, 0.2) is 18.5 Å². The maximum atomic E-state index is 12.5. The summed E-state index contributed by atoms with van der Waals surface area (Å²) in [5.41, 5.74) is 1.30. The predicted molar refractivity (Wildman–Crippen MR) is 79.8 cm³/mol. The van der Waals surface area contributed by atoms with Crippen molar-refractivity contribution in [2.24, 2.45) is 17.8 Å². The Labute approximate surface area is 123 Å². The highest BCUT2D eigenvalue weighted by Gasteiger charge is 2.42. The summed E-state index contributed by atoms with van der Waals surface area (Å²) in [5.74, 6) is 2.25. The Kier molecular flexibility index (Phi) is 2.94. The van der Waals surface area contributed by atoms with Crippen LogP contribution in [0.25, 0.3) is 10.9 Å². The summed E-state index contributed by atoms with van der Waals surface area (Å²) in [7, 11) is 0. The molecule has 4 atom stereocenters. The van der Waals surface area contributed by atoms with Crippen molar-refractivity contribution < 1.29 is 4.79 Å². The van der Waals surface area contributed by atoms with Crippen LogP contribution < -0.4 is 5.32 Å². The number of H-pyrrole nitrogens is 1. The Morgan fingerprint density at radius 1 is 1.43 bits per heavy atom. The van der Waals surface area contributed by atoms with Crippen molar-refractivity contribution in [3.8, 4) is 0 Å². The molecule has 2 aliphatic rings. The quantitative estimate of drug-likeness (QED) is 0.909. The SMILES string of the molecule is CC(NC(=O)c1n[nH]c2ccncc12)C1CC2CCC1C2. The van der Waals surface area contributed by atoms with Gasteiger partial charge >= 0.3 is 0 Å². The lowest BCUT2D eigenvalue weighted by molar-refractivity contribution is 0.0912. The van der Waals surface area contributed by atoms with Crippen LogP contribution in [0.4, 0.5) is 0 Å². The van der Waals surface area contributed by atoms with Crippen molar-refractivity contribution in [1.29, 1.82) is 0 Å². The van der Waals surface area contributed by atoms with Gasteiger partial charge in [0.25, 0.3) is 5.91 Å². The highest BCUT2D eigenvalue weighted by Crippen LogP contribution is 2.49. The van der Waals surface area contributed by atoms with Gasteiger partial charge in [-0.25, -0.2) is 0 Å². The number of rotatable bonds is 3. The fraction of sp³-hybridized carbons (Fsp3) is 0.562. The van der Waals surface area contributed by atoms with Crippen LogP contribution in [0, 0.1) is 17.8 Å². The van der Waals surface area contributed by atoms with Crippen molar-refractivity contribution in [3.63, 3.8) is 0 Å². The predicted octanol–water partition coefficient (Wildman–Crippen LogP) is 2.51. The second kappa shape index (κ2) is 4.83. The molecule has 2 N–H and O–H groups in total. The zero-order chi connectivity index (χ0) is 14.4. The Morgan fingerprint density at radius 2 is 2.33 bits per heavy atom. The van der Waals surface area contributed by atoms with Crippen LogP contribution in [-0.4, -0.2) is 27.1 Å². The number of nitrogens with zero attached hydrogens (tertiary/aromatic N) is 2. The molecule has 21 heavy (non-hydrogen) atoms. The van der Waals surface area contributed by atoms with Crippen molar-refractivity contribution >= 4 is 16.8 Å². The number of pyridine rings is 1. The molecule has 5 nitrogen and oxygen atoms in total. The molecule has 0 aromatic carbocycles. The summed E-state index contributed by atoms with van der Waals surface area (Å²) < 4.78 is 0. The lowest BCUT2D eigenvalue weighted by atomic mass is 9.84. The molecule has 110 valence electrons. The minimum absolute atomic E-state index is 0.0930. The summed E-state index contributed by atoms with van der Waals surface area (Å²) in [6.07, 6.45) is 8.74. The maximum Gasteiger partial charge on any atom is 0.272 e. The number of hydrogen-bond donors (Lipinski definition) is 2. The fourth-order valence-corrected chi connectivity index (χ4v) is 4.32. The molecule has 4 rings (SSSR count). The largest absolute Gasteiger partial charge is 0.348 e. The summed E-state index contributed by atoms with van der Waals surface area (Å²) in [4.78, 5) is 16.5. The highest BCUT2D eigenvalue weighted by atomic mass is 16.2. The van der Waals surface area contributed by atoms with Gasteiger partial charge in [-0.15, -0.1) is 0 Å². The highest BCUT2D eigenvalue weighted by molar-refractivity contribution is 6.04. The number of nitrogens with one attached hydrogen (secondary N) is 2. The number of aromatic amines is 1. The Morgan fingerprint density at radius 3 is 3.10 bits per heavy atom. The van der Waals surface area contributed by atoms with Crippen LogP contribution in [0.1, 0.15) is 43.1 Å². The molecule has 0 saturated heterocycles. The van der Waals surface area contributed by atoms with E-state index in [0.717, 1.165) is 22.7 Å². The van der Waals surface area contributed by atoms with Gasteiger partial charge in [0, 0.05) is 18.4 Å². The second-order valence-corrected chi connectivity index (χ2v) is 6.59. The average Bonchev–Trinajstić information content (AvgIpc) is 3.21. The Balaban J connectivity index is 1.50. The minimum atomic E-state index is -0.0930. The van der Waals surface area contributed by atoms with Gasteiger partial charge in [0.2, 0.25) is 0 Å². The van der Waals surface area contributed by atoms with E-state index in [4.69, 9.17) is 0 Å². The van der Waals surface area contributed by atoms with Gasteiger partial charge in [-0.1, -0.05) is 6.42 Å². The zero-order valence-corrected chi connectivity index (χ0v) is 12.2. The Bertz CT molecular complexity index is 680. The van der Waals surface area contributed by atoms with Crippen LogP contribution in [0.5, 0.6) is 0 Å². The third-order valence-electron chi connectivity index (χ3n) is 5.37. The lowest BCUT2D eigenvalue weighted by Gasteiger charge is -2.28. The molecule has 2 heterocycles. The molecule has 0 spiro atoms. The van der Waals surface area contributed by atoms with Crippen LogP contribution in [0.3, 0.4) is 0 Å². The van der Waals surface area contributed by atoms with Crippen molar-refractivity contribution in [3.05, 3.63) is 24.2 Å². The monoisotopic (exact) mass is 284 g/mol. The molecule has 5 heteroatoms. The first-order valence-corrected chi connectivity index (χ1v) is 7.81. The van der Waals surface area contributed by atoms with Crippen LogP contribution in [-0.2, 0) is 0 Å². The summed E-state index contributed by atoms with van der Waals surface area (Å²) in [6.45, 7) is 2.14. The number of hydrogen-bond acceptors (Lipinski definition) is 3. The first-order valence-electron chi connectivity index (χ1n) is 7.81. The molecule has 2 saturated carbocycles. The molecule has 2 aromatic rings. The molecule has 0 aliphatic heterocycles. The molecule has 2 bridgehead atoms. The summed E-state index contributed by atoms with van der Waals surface area (Å²) in [6, 6.07) is 2.05. The first-order chi connectivity index (χ1) is 10.2. The smallest absolute Gasteiger partial charge is 0.272 e. The van der Waals surface area contributed by atoms with E-state index in [2.05, 4.69) is 27.4 Å². The molecular weight excluding hydrogens is 264 g/mol. The molecule has 2 aromatic heterocycles. The molecule has 4 unspecified atom stereocenters. The fourth-order valence-electron chi connectivity index (χ4n) is 4.32. The number of aromatic nitrogens is 3. The first kappa shape index (κ1) is 12.8. The molecule has 2 aliphatic carbocycles. The van der Waals surface area contributed by atoms with Crippen molar-refractivity contribution in [2.75, 3.05) is 0 Å². The third-order valence-corrected chi connectivity index (χ3v) is 5.37. The van der Waals surface area contributed by atoms with E-state index in [-0.39, 0.29) is 11.9 Å². The number of fused-ring (bicyclic) bond motifs is 3. The van der Waals surface area contributed by atoms with E-state index in [1.165, 1.54) is 25.7 Å². The number of carbonyl (C=O) groups is 1. The molecule has 0 radical (unpaired) electrons. The standard InChI is InChI=1S/C16H20N4O/c1-9(12-7-10-2-3-11(12)6-10)18-16(21)15-13-8-17-5-4-14(13)19-20-15/h4-5,8-12H,2-3,6-7H2,1H3,(H,18,21)(H,19,20).